The van der Waals surface area contributed by atoms with Crippen LogP contribution in [-0.4, -0.2) is 15.0 Å². The van der Waals surface area contributed by atoms with E-state index in [0.717, 1.165) is 16.8 Å². The van der Waals surface area contributed by atoms with Gasteiger partial charge in [0.15, 0.2) is 0 Å². The van der Waals surface area contributed by atoms with Crippen molar-refractivity contribution in [1.29, 1.82) is 0 Å². The largest absolute Gasteiger partial charge is 0.459 e. The lowest BCUT2D eigenvalue weighted by atomic mass is 10.2. The molecule has 0 amide bonds. The van der Waals surface area contributed by atoms with Gasteiger partial charge in [0.1, 0.15) is 6.61 Å². The fraction of sp³-hybridized carbons (Fsp3) is 0.0625. The van der Waals surface area contributed by atoms with Gasteiger partial charge >= 0.3 is 6.01 Å². The average molecular weight is 263 g/mol. The Hall–Kier alpha value is -2.75. The molecule has 2 aromatic heterocycles. The van der Waals surface area contributed by atoms with Gasteiger partial charge in [-0.2, -0.15) is 4.98 Å². The maximum absolute atomic E-state index is 5.61. The molecule has 0 fully saturated rings. The van der Waals surface area contributed by atoms with Gasteiger partial charge in [-0.25, -0.2) is 4.98 Å². The van der Waals surface area contributed by atoms with Crippen LogP contribution in [0, 0.1) is 0 Å². The van der Waals surface area contributed by atoms with Gasteiger partial charge in [0.2, 0.25) is 0 Å². The van der Waals surface area contributed by atoms with Crippen molar-refractivity contribution in [2.45, 2.75) is 6.61 Å². The highest BCUT2D eigenvalue weighted by molar-refractivity contribution is 5.57. The molecule has 0 spiro atoms. The van der Waals surface area contributed by atoms with Crippen molar-refractivity contribution in [3.63, 3.8) is 0 Å². The summed E-state index contributed by atoms with van der Waals surface area (Å²) in [6.45, 7) is 0.456. The van der Waals surface area contributed by atoms with Crippen molar-refractivity contribution >= 4 is 0 Å². The van der Waals surface area contributed by atoms with Crippen LogP contribution in [0.2, 0.25) is 0 Å². The zero-order valence-electron chi connectivity index (χ0n) is 10.8. The summed E-state index contributed by atoms with van der Waals surface area (Å²) in [5.41, 5.74) is 2.83. The highest BCUT2D eigenvalue weighted by Crippen LogP contribution is 2.17. The van der Waals surface area contributed by atoms with Crippen molar-refractivity contribution in [3.05, 3.63) is 72.7 Å². The number of nitrogens with zero attached hydrogens (tertiary/aromatic N) is 3. The van der Waals surface area contributed by atoms with Crippen molar-refractivity contribution in [2.75, 3.05) is 0 Å². The summed E-state index contributed by atoms with van der Waals surface area (Å²) >= 11 is 0. The summed E-state index contributed by atoms with van der Waals surface area (Å²) in [6, 6.07) is 16.0. The Labute approximate surface area is 117 Å². The molecule has 20 heavy (non-hydrogen) atoms. The normalized spacial score (nSPS) is 10.2. The smallest absolute Gasteiger partial charge is 0.317 e. The molecule has 0 aliphatic rings. The van der Waals surface area contributed by atoms with E-state index < -0.39 is 0 Å². The molecule has 0 saturated heterocycles. The molecule has 0 N–H and O–H groups in total. The first kappa shape index (κ1) is 12.3. The lowest BCUT2D eigenvalue weighted by Gasteiger charge is -2.06. The fourth-order valence-electron chi connectivity index (χ4n) is 1.81. The molecule has 0 atom stereocenters. The van der Waals surface area contributed by atoms with E-state index in [2.05, 4.69) is 15.0 Å². The topological polar surface area (TPSA) is 47.9 Å². The highest BCUT2D eigenvalue weighted by Gasteiger charge is 2.03. The van der Waals surface area contributed by atoms with Gasteiger partial charge in [0.25, 0.3) is 0 Å². The predicted octanol–water partition coefficient (Wildman–Crippen LogP) is 3.12. The molecule has 0 saturated carbocycles. The third kappa shape index (κ3) is 2.98. The lowest BCUT2D eigenvalue weighted by molar-refractivity contribution is 0.281. The van der Waals surface area contributed by atoms with Gasteiger partial charge in [-0.05, 0) is 23.8 Å². The number of benzene rings is 1. The second-order valence-electron chi connectivity index (χ2n) is 4.24. The van der Waals surface area contributed by atoms with Crippen molar-refractivity contribution in [2.24, 2.45) is 0 Å². The average Bonchev–Trinajstić information content (AvgIpc) is 2.55. The van der Waals surface area contributed by atoms with Crippen LogP contribution in [0.1, 0.15) is 5.56 Å². The zero-order valence-corrected chi connectivity index (χ0v) is 10.8. The first-order chi connectivity index (χ1) is 9.92. The Morgan fingerprint density at radius 3 is 2.60 bits per heavy atom. The van der Waals surface area contributed by atoms with Gasteiger partial charge in [-0.3, -0.25) is 4.98 Å². The van der Waals surface area contributed by atoms with Gasteiger partial charge in [-0.15, -0.1) is 0 Å². The molecule has 2 heterocycles. The second-order valence-corrected chi connectivity index (χ2v) is 4.24. The quantitative estimate of drug-likeness (QED) is 0.725. The van der Waals surface area contributed by atoms with Crippen molar-refractivity contribution in [1.82, 2.24) is 15.0 Å². The second kappa shape index (κ2) is 5.93. The number of hydrogen-bond donors (Lipinski definition) is 0. The molecule has 0 unspecified atom stereocenters. The van der Waals surface area contributed by atoms with Crippen LogP contribution >= 0.6 is 0 Å². The summed E-state index contributed by atoms with van der Waals surface area (Å²) in [5, 5.41) is 0. The van der Waals surface area contributed by atoms with E-state index in [1.54, 1.807) is 18.6 Å². The number of ether oxygens (including phenoxy) is 1. The van der Waals surface area contributed by atoms with Crippen LogP contribution in [0.5, 0.6) is 6.01 Å². The van der Waals surface area contributed by atoms with Crippen LogP contribution in [-0.2, 0) is 6.61 Å². The van der Waals surface area contributed by atoms with Gasteiger partial charge in [-0.1, -0.05) is 30.3 Å². The van der Waals surface area contributed by atoms with E-state index >= 15 is 0 Å². The van der Waals surface area contributed by atoms with E-state index in [9.17, 15) is 0 Å². The molecule has 4 heteroatoms. The van der Waals surface area contributed by atoms with E-state index in [4.69, 9.17) is 4.74 Å². The summed E-state index contributed by atoms with van der Waals surface area (Å²) in [7, 11) is 0. The van der Waals surface area contributed by atoms with Crippen molar-refractivity contribution in [3.8, 4) is 17.3 Å². The van der Waals surface area contributed by atoms with Crippen molar-refractivity contribution < 1.29 is 4.74 Å². The van der Waals surface area contributed by atoms with Crippen LogP contribution in [0.4, 0.5) is 0 Å². The van der Waals surface area contributed by atoms with Crippen LogP contribution in [0.15, 0.2) is 67.1 Å². The molecule has 0 radical (unpaired) electrons. The molecule has 0 aliphatic heterocycles. The van der Waals surface area contributed by atoms with E-state index in [-0.39, 0.29) is 0 Å². The Balaban J connectivity index is 1.75. The molecular weight excluding hydrogens is 250 g/mol. The minimum atomic E-state index is 0.371. The minimum absolute atomic E-state index is 0.371. The monoisotopic (exact) mass is 263 g/mol. The molecule has 0 aliphatic carbocycles. The predicted molar refractivity (Wildman–Crippen MR) is 76.0 cm³/mol. The van der Waals surface area contributed by atoms with Crippen LogP contribution < -0.4 is 4.74 Å². The van der Waals surface area contributed by atoms with Crippen LogP contribution in [0.25, 0.3) is 11.3 Å². The first-order valence-corrected chi connectivity index (χ1v) is 6.32. The third-order valence-corrected chi connectivity index (χ3v) is 2.80. The molecule has 4 nitrogen and oxygen atoms in total. The Morgan fingerprint density at radius 1 is 0.900 bits per heavy atom. The maximum Gasteiger partial charge on any atom is 0.317 e. The van der Waals surface area contributed by atoms with E-state index in [1.807, 2.05) is 48.5 Å². The molecule has 98 valence electrons. The first-order valence-electron chi connectivity index (χ1n) is 6.32. The SMILES string of the molecule is c1ccc(COc2nccc(-c3cccnc3)n2)cc1. The summed E-state index contributed by atoms with van der Waals surface area (Å²) in [6.07, 6.45) is 5.19. The van der Waals surface area contributed by atoms with Gasteiger partial charge < -0.3 is 4.74 Å². The Kier molecular flexibility index (Phi) is 3.64. The number of aromatic nitrogens is 3. The highest BCUT2D eigenvalue weighted by atomic mass is 16.5. The minimum Gasteiger partial charge on any atom is -0.459 e. The van der Waals surface area contributed by atoms with Gasteiger partial charge in [0.05, 0.1) is 5.69 Å². The molecule has 3 aromatic rings. The number of pyridine rings is 1. The zero-order chi connectivity index (χ0) is 13.6. The van der Waals surface area contributed by atoms with Gasteiger partial charge in [0, 0.05) is 24.2 Å². The number of rotatable bonds is 4. The van der Waals surface area contributed by atoms with E-state index in [1.165, 1.54) is 0 Å². The Morgan fingerprint density at radius 2 is 1.80 bits per heavy atom. The third-order valence-electron chi connectivity index (χ3n) is 2.80. The Bertz CT molecular complexity index is 672. The van der Waals surface area contributed by atoms with Crippen LogP contribution in [0.3, 0.4) is 0 Å². The summed E-state index contributed by atoms with van der Waals surface area (Å²) in [4.78, 5) is 12.6. The van der Waals surface area contributed by atoms with E-state index in [0.29, 0.717) is 12.6 Å². The maximum atomic E-state index is 5.61. The lowest BCUT2D eigenvalue weighted by Crippen LogP contribution is -1.99. The molecular formula is C16H13N3O. The molecule has 1 aromatic carbocycles. The molecule has 0 bridgehead atoms. The summed E-state index contributed by atoms with van der Waals surface area (Å²) < 4.78 is 5.61. The number of hydrogen-bond acceptors (Lipinski definition) is 4. The standard InChI is InChI=1S/C16H13N3O/c1-2-5-13(6-3-1)12-20-16-18-10-8-15(19-16)14-7-4-9-17-11-14/h1-11H,12H2. The molecule has 3 rings (SSSR count). The fourth-order valence-corrected chi connectivity index (χ4v) is 1.81. The summed E-state index contributed by atoms with van der Waals surface area (Å²) in [5.74, 6) is 0.